The summed E-state index contributed by atoms with van der Waals surface area (Å²) in [6.07, 6.45) is 1.03. The zero-order valence-electron chi connectivity index (χ0n) is 16.5. The molecule has 29 heavy (non-hydrogen) atoms. The molecular weight excluding hydrogens is 413 g/mol. The Morgan fingerprint density at radius 3 is 2.55 bits per heavy atom. The van der Waals surface area contributed by atoms with Crippen LogP contribution in [0.3, 0.4) is 0 Å². The molecule has 1 amide bonds. The zero-order valence-corrected chi connectivity index (χ0v) is 18.1. The Morgan fingerprint density at radius 1 is 1.10 bits per heavy atom. The van der Waals surface area contributed by atoms with Gasteiger partial charge in [0.1, 0.15) is 17.1 Å². The SMILES string of the molecule is CN(C)CCCN(C(=O)CCOc1ccccc1)c1nc2c(F)cccc2s1.Cl. The van der Waals surface area contributed by atoms with Crippen molar-refractivity contribution < 1.29 is 13.9 Å². The lowest BCUT2D eigenvalue weighted by atomic mass is 10.3. The van der Waals surface area contributed by atoms with Crippen molar-refractivity contribution in [3.63, 3.8) is 0 Å². The van der Waals surface area contributed by atoms with Crippen LogP contribution in [0.25, 0.3) is 10.2 Å². The van der Waals surface area contributed by atoms with Crippen LogP contribution in [0.5, 0.6) is 5.75 Å². The van der Waals surface area contributed by atoms with E-state index in [0.29, 0.717) is 17.2 Å². The van der Waals surface area contributed by atoms with Gasteiger partial charge in [0.15, 0.2) is 5.13 Å². The van der Waals surface area contributed by atoms with E-state index in [4.69, 9.17) is 4.74 Å². The predicted molar refractivity (Wildman–Crippen MR) is 119 cm³/mol. The average molecular weight is 438 g/mol. The van der Waals surface area contributed by atoms with Crippen LogP contribution in [-0.2, 0) is 4.79 Å². The Labute approximate surface area is 180 Å². The molecule has 0 aliphatic rings. The summed E-state index contributed by atoms with van der Waals surface area (Å²) in [5, 5.41) is 0.531. The summed E-state index contributed by atoms with van der Waals surface area (Å²) in [7, 11) is 3.99. The number of carbonyl (C=O) groups is 1. The molecule has 0 saturated carbocycles. The van der Waals surface area contributed by atoms with Crippen LogP contribution in [0.2, 0.25) is 0 Å². The summed E-state index contributed by atoms with van der Waals surface area (Å²) < 4.78 is 20.4. The first-order valence-electron chi connectivity index (χ1n) is 9.22. The van der Waals surface area contributed by atoms with Crippen molar-refractivity contribution in [3.8, 4) is 5.75 Å². The quantitative estimate of drug-likeness (QED) is 0.490. The first-order chi connectivity index (χ1) is 13.5. The molecule has 8 heteroatoms. The number of carbonyl (C=O) groups excluding carboxylic acids is 1. The molecule has 0 fully saturated rings. The third kappa shape index (κ3) is 6.39. The van der Waals surface area contributed by atoms with E-state index < -0.39 is 0 Å². The molecule has 5 nitrogen and oxygen atoms in total. The number of anilines is 1. The highest BCUT2D eigenvalue weighted by molar-refractivity contribution is 7.22. The van der Waals surface area contributed by atoms with Crippen LogP contribution in [0.15, 0.2) is 48.5 Å². The topological polar surface area (TPSA) is 45.7 Å². The summed E-state index contributed by atoms with van der Waals surface area (Å²) in [6, 6.07) is 14.3. The highest BCUT2D eigenvalue weighted by Crippen LogP contribution is 2.30. The number of amides is 1. The lowest BCUT2D eigenvalue weighted by molar-refractivity contribution is -0.119. The normalized spacial score (nSPS) is 10.8. The molecule has 0 aliphatic heterocycles. The largest absolute Gasteiger partial charge is 0.493 e. The van der Waals surface area contributed by atoms with Gasteiger partial charge in [-0.2, -0.15) is 0 Å². The smallest absolute Gasteiger partial charge is 0.232 e. The zero-order chi connectivity index (χ0) is 19.9. The number of fused-ring (bicyclic) bond motifs is 1. The molecule has 0 N–H and O–H groups in total. The van der Waals surface area contributed by atoms with Gasteiger partial charge in [0.25, 0.3) is 0 Å². The van der Waals surface area contributed by atoms with Crippen molar-refractivity contribution in [2.75, 3.05) is 38.7 Å². The minimum absolute atomic E-state index is 0. The van der Waals surface area contributed by atoms with E-state index in [9.17, 15) is 9.18 Å². The maximum absolute atomic E-state index is 14.0. The Hall–Kier alpha value is -2.22. The molecule has 3 aromatic rings. The van der Waals surface area contributed by atoms with Gasteiger partial charge in [-0.25, -0.2) is 9.37 Å². The van der Waals surface area contributed by atoms with E-state index >= 15 is 0 Å². The number of para-hydroxylation sites is 2. The number of aromatic nitrogens is 1. The van der Waals surface area contributed by atoms with Gasteiger partial charge in [0.05, 0.1) is 17.7 Å². The fraction of sp³-hybridized carbons (Fsp3) is 0.333. The molecule has 0 spiro atoms. The van der Waals surface area contributed by atoms with E-state index in [0.717, 1.165) is 23.4 Å². The summed E-state index contributed by atoms with van der Waals surface area (Å²) in [6.45, 7) is 1.67. The number of benzene rings is 2. The third-order valence-electron chi connectivity index (χ3n) is 4.21. The van der Waals surface area contributed by atoms with Crippen LogP contribution >= 0.6 is 23.7 Å². The van der Waals surface area contributed by atoms with Gasteiger partial charge in [0.2, 0.25) is 5.91 Å². The monoisotopic (exact) mass is 437 g/mol. The van der Waals surface area contributed by atoms with Crippen molar-refractivity contribution in [2.45, 2.75) is 12.8 Å². The molecule has 0 saturated heterocycles. The van der Waals surface area contributed by atoms with Gasteiger partial charge >= 0.3 is 0 Å². The molecule has 156 valence electrons. The van der Waals surface area contributed by atoms with Gasteiger partial charge in [-0.1, -0.05) is 35.6 Å². The summed E-state index contributed by atoms with van der Waals surface area (Å²) >= 11 is 1.34. The second-order valence-corrected chi connectivity index (χ2v) is 7.71. The maximum atomic E-state index is 14.0. The van der Waals surface area contributed by atoms with Gasteiger partial charge in [0, 0.05) is 6.54 Å². The van der Waals surface area contributed by atoms with Crippen LogP contribution in [0, 0.1) is 5.82 Å². The number of nitrogens with zero attached hydrogens (tertiary/aromatic N) is 3. The summed E-state index contributed by atoms with van der Waals surface area (Å²) in [4.78, 5) is 21.0. The number of rotatable bonds is 9. The molecule has 1 aromatic heterocycles. The van der Waals surface area contributed by atoms with Gasteiger partial charge < -0.3 is 9.64 Å². The molecule has 2 aromatic carbocycles. The van der Waals surface area contributed by atoms with Crippen LogP contribution in [-0.4, -0.2) is 49.6 Å². The number of hydrogen-bond acceptors (Lipinski definition) is 5. The second kappa shape index (κ2) is 11.1. The molecule has 3 rings (SSSR count). The van der Waals surface area contributed by atoms with E-state index in [1.165, 1.54) is 17.4 Å². The van der Waals surface area contributed by atoms with Crippen LogP contribution in [0.4, 0.5) is 9.52 Å². The number of ether oxygens (including phenoxy) is 1. The molecule has 0 atom stereocenters. The van der Waals surface area contributed by atoms with Crippen molar-refractivity contribution in [3.05, 3.63) is 54.3 Å². The fourth-order valence-corrected chi connectivity index (χ4v) is 3.82. The minimum Gasteiger partial charge on any atom is -0.493 e. The van der Waals surface area contributed by atoms with Crippen molar-refractivity contribution in [2.24, 2.45) is 0 Å². The Morgan fingerprint density at radius 2 is 1.86 bits per heavy atom. The van der Waals surface area contributed by atoms with Crippen molar-refractivity contribution >= 4 is 45.0 Å². The van der Waals surface area contributed by atoms with Crippen LogP contribution < -0.4 is 9.64 Å². The number of hydrogen-bond donors (Lipinski definition) is 0. The maximum Gasteiger partial charge on any atom is 0.232 e. The van der Waals surface area contributed by atoms with Gasteiger partial charge in [-0.3, -0.25) is 9.69 Å². The van der Waals surface area contributed by atoms with E-state index in [1.807, 2.05) is 50.5 Å². The van der Waals surface area contributed by atoms with E-state index in [1.54, 1.807) is 11.0 Å². The molecule has 0 unspecified atom stereocenters. The molecule has 1 heterocycles. The summed E-state index contributed by atoms with van der Waals surface area (Å²) in [5.74, 6) is 0.291. The number of halogens is 2. The average Bonchev–Trinajstić information content (AvgIpc) is 3.11. The fourth-order valence-electron chi connectivity index (χ4n) is 2.80. The lowest BCUT2D eigenvalue weighted by Gasteiger charge is -2.21. The first-order valence-corrected chi connectivity index (χ1v) is 10.0. The Kier molecular flexibility index (Phi) is 8.82. The second-order valence-electron chi connectivity index (χ2n) is 6.70. The molecule has 0 aliphatic carbocycles. The van der Waals surface area contributed by atoms with E-state index in [-0.39, 0.29) is 37.2 Å². The standard InChI is InChI=1S/C21H24FN3O2S.ClH/c1-24(2)13-7-14-25(19(26)12-15-27-16-8-4-3-5-9-16)21-23-20-17(22)10-6-11-18(20)28-21;/h3-6,8-11H,7,12-15H2,1-2H3;1H. The van der Waals surface area contributed by atoms with Crippen molar-refractivity contribution in [1.82, 2.24) is 9.88 Å². The van der Waals surface area contributed by atoms with Gasteiger partial charge in [-0.05, 0) is 51.3 Å². The highest BCUT2D eigenvalue weighted by atomic mass is 35.5. The van der Waals surface area contributed by atoms with E-state index in [2.05, 4.69) is 9.88 Å². The Bertz CT molecular complexity index is 921. The highest BCUT2D eigenvalue weighted by Gasteiger charge is 2.20. The first kappa shape index (κ1) is 23.1. The molecular formula is C21H25ClFN3O2S. The van der Waals surface area contributed by atoms with Crippen molar-refractivity contribution in [1.29, 1.82) is 0 Å². The Balaban J connectivity index is 0.00000300. The minimum atomic E-state index is -0.367. The summed E-state index contributed by atoms with van der Waals surface area (Å²) in [5.41, 5.74) is 0.313. The molecule has 0 radical (unpaired) electrons. The van der Waals surface area contributed by atoms with Gasteiger partial charge in [-0.15, -0.1) is 12.4 Å². The van der Waals surface area contributed by atoms with Crippen LogP contribution in [0.1, 0.15) is 12.8 Å². The third-order valence-corrected chi connectivity index (χ3v) is 5.25. The lowest BCUT2D eigenvalue weighted by Crippen LogP contribution is -2.34. The number of thiazole rings is 1. The molecule has 0 bridgehead atoms. The predicted octanol–water partition coefficient (Wildman–Crippen LogP) is 4.61.